The van der Waals surface area contributed by atoms with Gasteiger partial charge in [0.1, 0.15) is 5.60 Å². The van der Waals surface area contributed by atoms with Crippen molar-refractivity contribution in [3.8, 4) is 0 Å². The lowest BCUT2D eigenvalue weighted by atomic mass is 9.77. The largest absolute Gasteiger partial charge is 0.550 e. The third-order valence-corrected chi connectivity index (χ3v) is 5.24. The van der Waals surface area contributed by atoms with E-state index in [0.717, 1.165) is 5.69 Å². The lowest BCUT2D eigenvalue weighted by molar-refractivity contribution is -0.313. The lowest BCUT2D eigenvalue weighted by Gasteiger charge is -2.24. The molecule has 0 radical (unpaired) electrons. The van der Waals surface area contributed by atoms with Gasteiger partial charge in [-0.1, -0.05) is 38.1 Å². The summed E-state index contributed by atoms with van der Waals surface area (Å²) in [5, 5.41) is 11.4. The van der Waals surface area contributed by atoms with Gasteiger partial charge in [0.25, 0.3) is 0 Å². The molecule has 0 N–H and O–H groups in total. The van der Waals surface area contributed by atoms with Crippen molar-refractivity contribution in [1.29, 1.82) is 0 Å². The Morgan fingerprint density at radius 2 is 2.04 bits per heavy atom. The van der Waals surface area contributed by atoms with Crippen molar-refractivity contribution in [3.63, 3.8) is 0 Å². The predicted molar refractivity (Wildman–Crippen MR) is 81.6 cm³/mol. The molecule has 4 rings (SSSR count). The summed E-state index contributed by atoms with van der Waals surface area (Å²) in [6.07, 6.45) is 3.05. The molecule has 3 aliphatic rings. The average molecular weight is 312 g/mol. The molecule has 0 aromatic heterocycles. The fourth-order valence-electron chi connectivity index (χ4n) is 4.03. The molecule has 3 heterocycles. The molecule has 2 bridgehead atoms. The smallest absolute Gasteiger partial charge is 0.234 e. The monoisotopic (exact) mass is 312 g/mol. The van der Waals surface area contributed by atoms with Crippen LogP contribution < -0.4 is 10.0 Å². The van der Waals surface area contributed by atoms with E-state index in [0.29, 0.717) is 12.5 Å². The van der Waals surface area contributed by atoms with E-state index in [1.165, 1.54) is 5.56 Å². The van der Waals surface area contributed by atoms with E-state index in [2.05, 4.69) is 13.8 Å². The van der Waals surface area contributed by atoms with Crippen LogP contribution in [0.5, 0.6) is 0 Å². The molecule has 2 fully saturated rings. The Bertz CT molecular complexity index is 708. The van der Waals surface area contributed by atoms with Crippen LogP contribution in [0.2, 0.25) is 0 Å². The number of benzene rings is 1. The maximum Gasteiger partial charge on any atom is 0.234 e. The average Bonchev–Trinajstić information content (AvgIpc) is 3.15. The number of hydrogen-bond donors (Lipinski definition) is 0. The molecule has 1 aromatic carbocycles. The highest BCUT2D eigenvalue weighted by Gasteiger charge is 2.65. The number of aliphatic carboxylic acids is 1. The summed E-state index contributed by atoms with van der Waals surface area (Å²) >= 11 is 0. The zero-order valence-corrected chi connectivity index (χ0v) is 13.1. The highest BCUT2D eigenvalue weighted by molar-refractivity contribution is 6.02. The van der Waals surface area contributed by atoms with Gasteiger partial charge in [-0.05, 0) is 23.6 Å². The fraction of sp³-hybridized carbons (Fsp3) is 0.444. The molecule has 23 heavy (non-hydrogen) atoms. The second kappa shape index (κ2) is 4.68. The van der Waals surface area contributed by atoms with Crippen LogP contribution >= 0.6 is 0 Å². The first-order valence-corrected chi connectivity index (χ1v) is 7.92. The Hall–Kier alpha value is -2.14. The third-order valence-electron chi connectivity index (χ3n) is 5.24. The molecule has 3 aliphatic heterocycles. The first-order valence-electron chi connectivity index (χ1n) is 7.92. The van der Waals surface area contributed by atoms with Gasteiger partial charge in [0, 0.05) is 17.6 Å². The summed E-state index contributed by atoms with van der Waals surface area (Å²) in [6.45, 7) is 4.58. The fourth-order valence-corrected chi connectivity index (χ4v) is 4.03. The van der Waals surface area contributed by atoms with Crippen molar-refractivity contribution in [2.24, 2.45) is 11.8 Å². The van der Waals surface area contributed by atoms with Crippen LogP contribution in [0, 0.1) is 11.8 Å². The number of rotatable bonds is 3. The maximum absolute atomic E-state index is 12.8. The molecule has 4 atom stereocenters. The van der Waals surface area contributed by atoms with Crippen LogP contribution in [0.25, 0.3) is 0 Å². The van der Waals surface area contributed by atoms with Gasteiger partial charge in [-0.25, -0.2) is 0 Å². The van der Waals surface area contributed by atoms with Crippen LogP contribution in [0.1, 0.15) is 25.3 Å². The molecule has 5 heteroatoms. The highest BCUT2D eigenvalue weighted by atomic mass is 16.5. The van der Waals surface area contributed by atoms with Gasteiger partial charge in [0.05, 0.1) is 18.6 Å². The van der Waals surface area contributed by atoms with Crippen molar-refractivity contribution < 1.29 is 19.4 Å². The molecule has 0 unspecified atom stereocenters. The van der Waals surface area contributed by atoms with Crippen LogP contribution in [0.4, 0.5) is 5.69 Å². The summed E-state index contributed by atoms with van der Waals surface area (Å²) in [7, 11) is 0. The molecule has 5 nitrogen and oxygen atoms in total. The molecule has 0 aliphatic carbocycles. The number of carbonyl (C=O) groups excluding carboxylic acids is 2. The molecule has 0 saturated carbocycles. The minimum atomic E-state index is -1.21. The van der Waals surface area contributed by atoms with E-state index in [4.69, 9.17) is 4.74 Å². The van der Waals surface area contributed by atoms with Gasteiger partial charge in [-0.15, -0.1) is 0 Å². The Kier molecular flexibility index (Phi) is 2.94. The zero-order valence-electron chi connectivity index (χ0n) is 13.1. The van der Waals surface area contributed by atoms with Crippen LogP contribution in [-0.4, -0.2) is 30.1 Å². The van der Waals surface area contributed by atoms with Gasteiger partial charge >= 0.3 is 0 Å². The maximum atomic E-state index is 12.8. The van der Waals surface area contributed by atoms with Crippen molar-refractivity contribution >= 4 is 17.6 Å². The SMILES string of the molecule is CC(C)c1ccc(N2C[C@]34C=C[C@@H](O3)[C@@H](C(=O)[O-])[C@@H]4C2=O)cc1. The van der Waals surface area contributed by atoms with Crippen molar-refractivity contribution in [3.05, 3.63) is 42.0 Å². The number of anilines is 1. The van der Waals surface area contributed by atoms with Crippen molar-refractivity contribution in [2.45, 2.75) is 31.5 Å². The molecular weight excluding hydrogens is 294 g/mol. The van der Waals surface area contributed by atoms with Crippen molar-refractivity contribution in [2.75, 3.05) is 11.4 Å². The highest BCUT2D eigenvalue weighted by Crippen LogP contribution is 2.52. The summed E-state index contributed by atoms with van der Waals surface area (Å²) in [5.41, 5.74) is 1.16. The Morgan fingerprint density at radius 1 is 1.35 bits per heavy atom. The number of carboxylic acids is 1. The minimum absolute atomic E-state index is 0.191. The van der Waals surface area contributed by atoms with Gasteiger partial charge in [-0.3, -0.25) is 4.79 Å². The van der Waals surface area contributed by atoms with Crippen LogP contribution in [0.3, 0.4) is 0 Å². The van der Waals surface area contributed by atoms with E-state index in [9.17, 15) is 14.7 Å². The Labute approximate surface area is 134 Å². The number of carboxylic acid groups (broad SMARTS) is 1. The van der Waals surface area contributed by atoms with Gasteiger partial charge in [0.2, 0.25) is 5.91 Å². The van der Waals surface area contributed by atoms with Crippen molar-refractivity contribution in [1.82, 2.24) is 0 Å². The Balaban J connectivity index is 1.67. The summed E-state index contributed by atoms with van der Waals surface area (Å²) in [4.78, 5) is 25.9. The summed E-state index contributed by atoms with van der Waals surface area (Å²) < 4.78 is 5.85. The van der Waals surface area contributed by atoms with E-state index >= 15 is 0 Å². The second-order valence-corrected chi connectivity index (χ2v) is 6.89. The summed E-state index contributed by atoms with van der Waals surface area (Å²) in [5.74, 6) is -2.57. The number of fused-ring (bicyclic) bond motifs is 1. The number of hydrogen-bond acceptors (Lipinski definition) is 4. The molecule has 120 valence electrons. The van der Waals surface area contributed by atoms with Gasteiger partial charge in [-0.2, -0.15) is 0 Å². The quantitative estimate of drug-likeness (QED) is 0.776. The number of ether oxygens (including phenoxy) is 1. The molecule has 1 amide bonds. The first-order chi connectivity index (χ1) is 10.9. The molecule has 2 saturated heterocycles. The number of carbonyl (C=O) groups is 2. The van der Waals surface area contributed by atoms with E-state index < -0.39 is 29.5 Å². The predicted octanol–water partition coefficient (Wildman–Crippen LogP) is 0.846. The lowest BCUT2D eigenvalue weighted by Crippen LogP contribution is -2.45. The van der Waals surface area contributed by atoms with E-state index in [1.54, 1.807) is 11.0 Å². The van der Waals surface area contributed by atoms with Gasteiger partial charge in [0.15, 0.2) is 0 Å². The number of nitrogens with zero attached hydrogens (tertiary/aromatic N) is 1. The number of amides is 1. The molecular formula is C18H18NO4-. The minimum Gasteiger partial charge on any atom is -0.550 e. The van der Waals surface area contributed by atoms with Crippen LogP contribution in [0.15, 0.2) is 36.4 Å². The Morgan fingerprint density at radius 3 is 2.65 bits per heavy atom. The summed E-state index contributed by atoms with van der Waals surface area (Å²) in [6, 6.07) is 7.83. The zero-order chi connectivity index (χ0) is 16.4. The van der Waals surface area contributed by atoms with E-state index in [-0.39, 0.29) is 5.91 Å². The normalized spacial score (nSPS) is 34.5. The van der Waals surface area contributed by atoms with Crippen LogP contribution in [-0.2, 0) is 14.3 Å². The first kappa shape index (κ1) is 14.5. The topological polar surface area (TPSA) is 69.7 Å². The third kappa shape index (κ3) is 1.89. The molecule has 1 aromatic rings. The van der Waals surface area contributed by atoms with E-state index in [1.807, 2.05) is 30.3 Å². The van der Waals surface area contributed by atoms with Gasteiger partial charge < -0.3 is 19.5 Å². The standard InChI is InChI=1S/C18H19NO4/c1-10(2)11-3-5-12(6-4-11)19-9-18-8-7-13(23-18)14(17(21)22)15(18)16(19)20/h3-8,10,13-15H,9H2,1-2H3,(H,21,22)/p-1/t13-,14-,15-,18+/m1/s1. The molecule has 1 spiro atoms. The second-order valence-electron chi connectivity index (χ2n) is 6.89.